The Morgan fingerprint density at radius 3 is 2.84 bits per heavy atom. The number of nitrogens with zero attached hydrogens (tertiary/aromatic N) is 2. The summed E-state index contributed by atoms with van der Waals surface area (Å²) in [6.07, 6.45) is 6.15. The number of rotatable bonds is 3. The van der Waals surface area contributed by atoms with Gasteiger partial charge >= 0.3 is 0 Å². The van der Waals surface area contributed by atoms with Gasteiger partial charge in [-0.1, -0.05) is 11.6 Å². The van der Waals surface area contributed by atoms with Gasteiger partial charge in [-0.2, -0.15) is 4.98 Å². The molecule has 2 rings (SSSR count). The number of nitrogens with one attached hydrogen (secondary N) is 1. The molecule has 1 heterocycles. The molecule has 1 aliphatic rings. The van der Waals surface area contributed by atoms with Crippen LogP contribution in [0.2, 0.25) is 0 Å². The van der Waals surface area contributed by atoms with Crippen LogP contribution >= 0.6 is 15.9 Å². The summed E-state index contributed by atoms with van der Waals surface area (Å²) in [5.74, 6) is 1.57. The third kappa shape index (κ3) is 4.09. The monoisotopic (exact) mass is 327 g/mol. The maximum absolute atomic E-state index is 8.64. The Morgan fingerprint density at radius 1 is 1.42 bits per heavy atom. The van der Waals surface area contributed by atoms with E-state index >= 15 is 0 Å². The largest absolute Gasteiger partial charge is 0.474 e. The van der Waals surface area contributed by atoms with E-state index in [0.29, 0.717) is 17.5 Å². The lowest BCUT2D eigenvalue weighted by atomic mass is 9.98. The van der Waals surface area contributed by atoms with Gasteiger partial charge in [0.2, 0.25) is 5.88 Å². The third-order valence-electron chi connectivity index (χ3n) is 3.10. The van der Waals surface area contributed by atoms with E-state index in [1.165, 1.54) is 19.3 Å². The van der Waals surface area contributed by atoms with Crippen LogP contribution in [0.3, 0.4) is 0 Å². The molecule has 5 nitrogen and oxygen atoms in total. The van der Waals surface area contributed by atoms with Crippen molar-refractivity contribution in [2.45, 2.75) is 45.1 Å². The van der Waals surface area contributed by atoms with Crippen molar-refractivity contribution in [3.8, 4) is 5.88 Å². The van der Waals surface area contributed by atoms with Crippen molar-refractivity contribution >= 4 is 27.6 Å². The molecule has 0 amide bonds. The van der Waals surface area contributed by atoms with Crippen LogP contribution < -0.4 is 10.1 Å². The number of ether oxygens (including phenoxy) is 1. The summed E-state index contributed by atoms with van der Waals surface area (Å²) in [6, 6.07) is 3.67. The fourth-order valence-electron chi connectivity index (χ4n) is 2.13. The van der Waals surface area contributed by atoms with Gasteiger partial charge in [0.25, 0.3) is 0 Å². The van der Waals surface area contributed by atoms with Gasteiger partial charge in [0.1, 0.15) is 17.8 Å². The first kappa shape index (κ1) is 14.1. The predicted octanol–water partition coefficient (Wildman–Crippen LogP) is 3.78. The Hall–Kier alpha value is -1.30. The van der Waals surface area contributed by atoms with Crippen molar-refractivity contribution < 1.29 is 9.94 Å². The summed E-state index contributed by atoms with van der Waals surface area (Å²) < 4.78 is 6.78. The lowest BCUT2D eigenvalue weighted by Crippen LogP contribution is -2.20. The SMILES string of the molecule is C/C(=N\O)Nc1ccc(Br)c(OC2CCCCC2)n1. The zero-order valence-electron chi connectivity index (χ0n) is 10.9. The van der Waals surface area contributed by atoms with Crippen LogP contribution in [0, 0.1) is 0 Å². The number of aromatic nitrogens is 1. The van der Waals surface area contributed by atoms with E-state index in [9.17, 15) is 0 Å². The van der Waals surface area contributed by atoms with Crippen molar-refractivity contribution in [2.24, 2.45) is 5.16 Å². The molecule has 1 aromatic heterocycles. The first-order chi connectivity index (χ1) is 9.19. The van der Waals surface area contributed by atoms with Crippen LogP contribution in [-0.2, 0) is 0 Å². The second-order valence-electron chi connectivity index (χ2n) is 4.67. The van der Waals surface area contributed by atoms with Gasteiger partial charge in [-0.15, -0.1) is 0 Å². The summed E-state index contributed by atoms with van der Waals surface area (Å²) >= 11 is 3.45. The topological polar surface area (TPSA) is 66.7 Å². The summed E-state index contributed by atoms with van der Waals surface area (Å²) in [5, 5.41) is 14.6. The minimum absolute atomic E-state index is 0.250. The zero-order valence-corrected chi connectivity index (χ0v) is 12.5. The Labute approximate surface area is 121 Å². The quantitative estimate of drug-likeness (QED) is 0.384. The van der Waals surface area contributed by atoms with Gasteiger partial charge in [0.15, 0.2) is 0 Å². The van der Waals surface area contributed by atoms with Crippen molar-refractivity contribution in [3.05, 3.63) is 16.6 Å². The van der Waals surface area contributed by atoms with Crippen molar-refractivity contribution in [1.82, 2.24) is 4.98 Å². The minimum Gasteiger partial charge on any atom is -0.474 e. The van der Waals surface area contributed by atoms with Crippen molar-refractivity contribution in [1.29, 1.82) is 0 Å². The van der Waals surface area contributed by atoms with Gasteiger partial charge < -0.3 is 15.3 Å². The van der Waals surface area contributed by atoms with Gasteiger partial charge in [-0.05, 0) is 60.7 Å². The minimum atomic E-state index is 0.250. The Morgan fingerprint density at radius 2 is 2.16 bits per heavy atom. The van der Waals surface area contributed by atoms with E-state index in [-0.39, 0.29) is 6.10 Å². The average Bonchev–Trinajstić information content (AvgIpc) is 2.43. The highest BCUT2D eigenvalue weighted by Crippen LogP contribution is 2.29. The number of pyridine rings is 1. The molecular weight excluding hydrogens is 310 g/mol. The molecule has 1 aliphatic carbocycles. The van der Waals surface area contributed by atoms with Crippen LogP contribution in [0.15, 0.2) is 21.8 Å². The summed E-state index contributed by atoms with van der Waals surface area (Å²) in [4.78, 5) is 4.38. The molecule has 6 heteroatoms. The summed E-state index contributed by atoms with van der Waals surface area (Å²) in [7, 11) is 0. The first-order valence-electron chi connectivity index (χ1n) is 6.48. The zero-order chi connectivity index (χ0) is 13.7. The average molecular weight is 328 g/mol. The molecule has 104 valence electrons. The van der Waals surface area contributed by atoms with E-state index in [1.807, 2.05) is 6.07 Å². The second-order valence-corrected chi connectivity index (χ2v) is 5.53. The molecule has 0 saturated heterocycles. The number of oxime groups is 1. The smallest absolute Gasteiger partial charge is 0.230 e. The van der Waals surface area contributed by atoms with Crippen molar-refractivity contribution in [2.75, 3.05) is 5.32 Å². The number of halogens is 1. The molecule has 1 saturated carbocycles. The molecule has 2 N–H and O–H groups in total. The highest BCUT2D eigenvalue weighted by molar-refractivity contribution is 9.10. The predicted molar refractivity (Wildman–Crippen MR) is 78.0 cm³/mol. The number of hydrogen-bond acceptors (Lipinski definition) is 4. The normalized spacial score (nSPS) is 17.3. The number of amidine groups is 1. The van der Waals surface area contributed by atoms with Crippen LogP contribution in [0.5, 0.6) is 5.88 Å². The summed E-state index contributed by atoms with van der Waals surface area (Å²) in [5.41, 5.74) is 0. The fraction of sp³-hybridized carbons (Fsp3) is 0.538. The Bertz CT molecular complexity index is 459. The van der Waals surface area contributed by atoms with Gasteiger partial charge in [0.05, 0.1) is 4.47 Å². The molecule has 0 atom stereocenters. The van der Waals surface area contributed by atoms with E-state index < -0.39 is 0 Å². The van der Waals surface area contributed by atoms with Crippen LogP contribution in [-0.4, -0.2) is 22.1 Å². The number of anilines is 1. The van der Waals surface area contributed by atoms with Crippen LogP contribution in [0.1, 0.15) is 39.0 Å². The van der Waals surface area contributed by atoms with E-state index in [2.05, 4.69) is 31.4 Å². The molecule has 0 unspecified atom stereocenters. The lowest BCUT2D eigenvalue weighted by Gasteiger charge is -2.23. The Balaban J connectivity index is 2.07. The van der Waals surface area contributed by atoms with E-state index in [4.69, 9.17) is 9.94 Å². The first-order valence-corrected chi connectivity index (χ1v) is 7.27. The highest BCUT2D eigenvalue weighted by atomic mass is 79.9. The van der Waals surface area contributed by atoms with Gasteiger partial charge in [-0.25, -0.2) is 0 Å². The molecule has 0 radical (unpaired) electrons. The highest BCUT2D eigenvalue weighted by Gasteiger charge is 2.17. The Kier molecular flexibility index (Phi) is 5.01. The second kappa shape index (κ2) is 6.75. The standard InChI is InChI=1S/C13H18BrN3O2/c1-9(17-18)15-12-8-7-11(14)13(16-12)19-10-5-3-2-4-6-10/h7-8,10,18H,2-6H2,1H3,(H,15,16,17). The van der Waals surface area contributed by atoms with Gasteiger partial charge in [0, 0.05) is 0 Å². The molecule has 19 heavy (non-hydrogen) atoms. The molecular formula is C13H18BrN3O2. The van der Waals surface area contributed by atoms with Gasteiger partial charge in [-0.3, -0.25) is 0 Å². The molecule has 1 fully saturated rings. The molecule has 1 aromatic rings. The van der Waals surface area contributed by atoms with Crippen molar-refractivity contribution in [3.63, 3.8) is 0 Å². The van der Waals surface area contributed by atoms with Crippen LogP contribution in [0.4, 0.5) is 5.82 Å². The fourth-order valence-corrected chi connectivity index (χ4v) is 2.44. The summed E-state index contributed by atoms with van der Waals surface area (Å²) in [6.45, 7) is 1.66. The maximum atomic E-state index is 8.64. The molecule has 0 aromatic carbocycles. The van der Waals surface area contributed by atoms with Crippen LogP contribution in [0.25, 0.3) is 0 Å². The van der Waals surface area contributed by atoms with E-state index in [0.717, 1.165) is 17.3 Å². The molecule has 0 spiro atoms. The molecule has 0 bridgehead atoms. The maximum Gasteiger partial charge on any atom is 0.230 e. The van der Waals surface area contributed by atoms with E-state index in [1.54, 1.807) is 13.0 Å². The molecule has 0 aliphatic heterocycles. The lowest BCUT2D eigenvalue weighted by molar-refractivity contribution is 0.148. The third-order valence-corrected chi connectivity index (χ3v) is 3.71. The number of hydrogen-bond donors (Lipinski definition) is 2.